The van der Waals surface area contributed by atoms with E-state index in [0.29, 0.717) is 24.9 Å². The number of unbranched alkanes of at least 4 members (excludes halogenated alkanes) is 3. The molecule has 0 aliphatic carbocycles. The van der Waals surface area contributed by atoms with Crippen LogP contribution < -0.4 is 0 Å². The first kappa shape index (κ1) is 22.1. The maximum absolute atomic E-state index is 13.7. The van der Waals surface area contributed by atoms with Crippen molar-refractivity contribution in [3.8, 4) is 0 Å². The number of carbonyl (C=O) groups excluding carboxylic acids is 1. The average Bonchev–Trinajstić information content (AvgIpc) is 2.66. The highest BCUT2D eigenvalue weighted by Crippen LogP contribution is 2.21. The van der Waals surface area contributed by atoms with E-state index in [1.54, 1.807) is 24.3 Å². The Morgan fingerprint density at radius 1 is 1.25 bits per heavy atom. The predicted molar refractivity (Wildman–Crippen MR) is 105 cm³/mol. The van der Waals surface area contributed by atoms with Crippen LogP contribution in [0.3, 0.4) is 0 Å². The van der Waals surface area contributed by atoms with Crippen molar-refractivity contribution in [1.82, 2.24) is 4.90 Å². The summed E-state index contributed by atoms with van der Waals surface area (Å²) >= 11 is 0. The molecule has 5 nitrogen and oxygen atoms in total. The number of halogens is 1. The van der Waals surface area contributed by atoms with Gasteiger partial charge in [-0.25, -0.2) is 4.39 Å². The molecular weight excluding hydrogens is 361 g/mol. The lowest BCUT2D eigenvalue weighted by molar-refractivity contribution is -0.137. The zero-order valence-corrected chi connectivity index (χ0v) is 16.2. The number of amides is 1. The van der Waals surface area contributed by atoms with Crippen LogP contribution >= 0.6 is 0 Å². The fourth-order valence-corrected chi connectivity index (χ4v) is 3.56. The number of aliphatic carboxylic acids is 1. The Bertz CT molecular complexity index is 676. The van der Waals surface area contributed by atoms with Gasteiger partial charge in [-0.1, -0.05) is 43.2 Å². The van der Waals surface area contributed by atoms with E-state index in [0.717, 1.165) is 32.1 Å². The third-order valence-electron chi connectivity index (χ3n) is 5.09. The van der Waals surface area contributed by atoms with Gasteiger partial charge in [0.15, 0.2) is 0 Å². The van der Waals surface area contributed by atoms with Crippen molar-refractivity contribution in [3.05, 3.63) is 47.8 Å². The van der Waals surface area contributed by atoms with Gasteiger partial charge in [0, 0.05) is 25.8 Å². The smallest absolute Gasteiger partial charge is 0.303 e. The number of piperidine rings is 1. The molecule has 0 spiro atoms. The van der Waals surface area contributed by atoms with E-state index in [-0.39, 0.29) is 30.6 Å². The molecule has 1 aliphatic rings. The van der Waals surface area contributed by atoms with Crippen LogP contribution in [-0.4, -0.2) is 45.7 Å². The number of carboxylic acid groups (broad SMARTS) is 1. The number of hydrogen-bond acceptors (Lipinski definition) is 3. The molecule has 1 fully saturated rings. The van der Waals surface area contributed by atoms with Crippen LogP contribution in [0.4, 0.5) is 4.39 Å². The van der Waals surface area contributed by atoms with Gasteiger partial charge in [0.25, 0.3) is 0 Å². The molecule has 2 N–H and O–H groups in total. The molecule has 0 radical (unpaired) electrons. The summed E-state index contributed by atoms with van der Waals surface area (Å²) < 4.78 is 13.7. The number of rotatable bonds is 11. The summed E-state index contributed by atoms with van der Waals surface area (Å²) in [4.78, 5) is 24.7. The normalized spacial score (nSPS) is 18.6. The molecule has 154 valence electrons. The van der Waals surface area contributed by atoms with Crippen molar-refractivity contribution >= 4 is 11.9 Å². The first-order valence-corrected chi connectivity index (χ1v) is 10.1. The lowest BCUT2D eigenvalue weighted by Gasteiger charge is -2.34. The maximum Gasteiger partial charge on any atom is 0.303 e. The minimum atomic E-state index is -0.799. The van der Waals surface area contributed by atoms with Crippen LogP contribution in [0.25, 0.3) is 0 Å². The van der Waals surface area contributed by atoms with Gasteiger partial charge in [0.05, 0.1) is 12.1 Å². The van der Waals surface area contributed by atoms with Crippen LogP contribution in [0.1, 0.15) is 56.9 Å². The molecule has 2 atom stereocenters. The summed E-state index contributed by atoms with van der Waals surface area (Å²) in [5, 5.41) is 18.9. The first-order valence-electron chi connectivity index (χ1n) is 10.1. The van der Waals surface area contributed by atoms with Crippen LogP contribution in [0.5, 0.6) is 0 Å². The van der Waals surface area contributed by atoms with Crippen molar-refractivity contribution in [2.45, 2.75) is 69.9 Å². The van der Waals surface area contributed by atoms with Crippen LogP contribution in [0.2, 0.25) is 0 Å². The van der Waals surface area contributed by atoms with Gasteiger partial charge in [0.1, 0.15) is 5.82 Å². The average molecular weight is 391 g/mol. The maximum atomic E-state index is 13.7. The highest BCUT2D eigenvalue weighted by atomic mass is 19.1. The Morgan fingerprint density at radius 2 is 2.00 bits per heavy atom. The van der Waals surface area contributed by atoms with E-state index in [1.165, 1.54) is 6.07 Å². The van der Waals surface area contributed by atoms with Gasteiger partial charge in [-0.3, -0.25) is 9.59 Å². The Labute approximate surface area is 165 Å². The molecule has 1 unspecified atom stereocenters. The Kier molecular flexibility index (Phi) is 9.14. The van der Waals surface area contributed by atoms with Crippen LogP contribution in [0.15, 0.2) is 36.4 Å². The number of aliphatic hydroxyl groups is 1. The zero-order valence-electron chi connectivity index (χ0n) is 16.2. The SMILES string of the molecule is O=C(O)CCCCCCN1C(=O)CCC[C@@H]1C=CC(O)Cc1ccccc1F. The number of carboxylic acids is 1. The van der Waals surface area contributed by atoms with Crippen LogP contribution in [-0.2, 0) is 16.0 Å². The molecule has 2 rings (SSSR count). The summed E-state index contributed by atoms with van der Waals surface area (Å²) in [5.41, 5.74) is 0.470. The number of nitrogens with zero attached hydrogens (tertiary/aromatic N) is 1. The molecule has 1 aromatic carbocycles. The summed E-state index contributed by atoms with van der Waals surface area (Å²) in [7, 11) is 0. The van der Waals surface area contributed by atoms with Gasteiger partial charge < -0.3 is 15.1 Å². The molecule has 6 heteroatoms. The summed E-state index contributed by atoms with van der Waals surface area (Å²) in [6, 6.07) is 6.36. The first-order chi connectivity index (χ1) is 13.5. The fourth-order valence-electron chi connectivity index (χ4n) is 3.56. The van der Waals surface area contributed by atoms with Gasteiger partial charge in [-0.15, -0.1) is 0 Å². The van der Waals surface area contributed by atoms with Crippen molar-refractivity contribution in [2.24, 2.45) is 0 Å². The molecule has 1 saturated heterocycles. The van der Waals surface area contributed by atoms with Crippen molar-refractivity contribution in [3.63, 3.8) is 0 Å². The Morgan fingerprint density at radius 3 is 2.75 bits per heavy atom. The van der Waals surface area contributed by atoms with Gasteiger partial charge in [0.2, 0.25) is 5.91 Å². The van der Waals surface area contributed by atoms with Gasteiger partial charge in [-0.05, 0) is 37.3 Å². The molecule has 1 aromatic rings. The number of carbonyl (C=O) groups is 2. The number of hydrogen-bond donors (Lipinski definition) is 2. The largest absolute Gasteiger partial charge is 0.481 e. The highest BCUT2D eigenvalue weighted by molar-refractivity contribution is 5.77. The van der Waals surface area contributed by atoms with Crippen LogP contribution in [0, 0.1) is 5.82 Å². The van der Waals surface area contributed by atoms with Crippen molar-refractivity contribution in [2.75, 3.05) is 6.54 Å². The second kappa shape index (κ2) is 11.6. The minimum absolute atomic E-state index is 0.0458. The molecule has 0 aromatic heterocycles. The van der Waals surface area contributed by atoms with E-state index < -0.39 is 12.1 Å². The number of aliphatic hydroxyl groups excluding tert-OH is 1. The summed E-state index contributed by atoms with van der Waals surface area (Å²) in [5.74, 6) is -0.979. The molecule has 1 aliphatic heterocycles. The molecular formula is C22H30FNO4. The zero-order chi connectivity index (χ0) is 20.4. The summed E-state index contributed by atoms with van der Waals surface area (Å²) in [6.07, 6.45) is 8.58. The lowest BCUT2D eigenvalue weighted by atomic mass is 9.99. The predicted octanol–water partition coefficient (Wildman–Crippen LogP) is 3.70. The second-order valence-electron chi connectivity index (χ2n) is 7.35. The van der Waals surface area contributed by atoms with E-state index in [9.17, 15) is 19.1 Å². The lowest BCUT2D eigenvalue weighted by Crippen LogP contribution is -2.43. The Balaban J connectivity index is 1.83. The summed E-state index contributed by atoms with van der Waals surface area (Å²) in [6.45, 7) is 0.643. The number of benzene rings is 1. The van der Waals surface area contributed by atoms with Gasteiger partial charge >= 0.3 is 5.97 Å². The van der Waals surface area contributed by atoms with E-state index in [2.05, 4.69) is 0 Å². The monoisotopic (exact) mass is 391 g/mol. The molecule has 1 heterocycles. The standard InChI is InChI=1S/C22H30FNO4/c23-20-10-5-4-8-17(20)16-19(25)14-13-18-9-7-11-21(26)24(18)15-6-2-1-3-12-22(27)28/h4-5,8,10,13-14,18-19,25H,1-3,6-7,9,11-12,15-16H2,(H,27,28)/t18-,19?/m1/s1. The highest BCUT2D eigenvalue weighted by Gasteiger charge is 2.25. The molecule has 0 saturated carbocycles. The third-order valence-corrected chi connectivity index (χ3v) is 5.09. The van der Waals surface area contributed by atoms with Crippen molar-refractivity contribution in [1.29, 1.82) is 0 Å². The van der Waals surface area contributed by atoms with Crippen molar-refractivity contribution < 1.29 is 24.2 Å². The third kappa shape index (κ3) is 7.43. The van der Waals surface area contributed by atoms with Gasteiger partial charge in [-0.2, -0.15) is 0 Å². The topological polar surface area (TPSA) is 77.8 Å². The fraction of sp³-hybridized carbons (Fsp3) is 0.545. The molecule has 0 bridgehead atoms. The molecule has 1 amide bonds. The second-order valence-corrected chi connectivity index (χ2v) is 7.35. The Hall–Kier alpha value is -2.21. The molecule has 28 heavy (non-hydrogen) atoms. The quantitative estimate of drug-likeness (QED) is 0.445. The minimum Gasteiger partial charge on any atom is -0.481 e. The number of likely N-dealkylation sites (tertiary alicyclic amines) is 1. The van der Waals surface area contributed by atoms with E-state index in [1.807, 2.05) is 11.0 Å². The van der Waals surface area contributed by atoms with E-state index in [4.69, 9.17) is 5.11 Å². The van der Waals surface area contributed by atoms with E-state index >= 15 is 0 Å².